The molecule has 5 heteroatoms. The van der Waals surface area contributed by atoms with Crippen molar-refractivity contribution < 1.29 is 14.1 Å². The third-order valence-electron chi connectivity index (χ3n) is 3.90. The number of allylic oxidation sites excluding steroid dienone is 1. The molecule has 0 bridgehead atoms. The summed E-state index contributed by atoms with van der Waals surface area (Å²) < 4.78 is 10.9. The Morgan fingerprint density at radius 1 is 1.14 bits per heavy atom. The number of amides is 1. The molecule has 1 aromatic heterocycles. The molecule has 0 saturated carbocycles. The van der Waals surface area contributed by atoms with Crippen molar-refractivity contribution in [3.05, 3.63) is 84.6 Å². The highest BCUT2D eigenvalue weighted by molar-refractivity contribution is 5.93. The van der Waals surface area contributed by atoms with Gasteiger partial charge in [-0.15, -0.1) is 6.58 Å². The summed E-state index contributed by atoms with van der Waals surface area (Å²) >= 11 is 0. The van der Waals surface area contributed by atoms with Crippen molar-refractivity contribution in [2.45, 2.75) is 6.42 Å². The molecule has 28 heavy (non-hydrogen) atoms. The third-order valence-corrected chi connectivity index (χ3v) is 3.90. The second-order valence-corrected chi connectivity index (χ2v) is 5.87. The van der Waals surface area contributed by atoms with E-state index in [0.29, 0.717) is 5.76 Å². The summed E-state index contributed by atoms with van der Waals surface area (Å²) in [7, 11) is 0. The van der Waals surface area contributed by atoms with Crippen molar-refractivity contribution in [1.29, 1.82) is 0 Å². The first-order valence-corrected chi connectivity index (χ1v) is 8.85. The fraction of sp³-hybridized carbons (Fsp3) is 0.130. The van der Waals surface area contributed by atoms with Gasteiger partial charge in [-0.1, -0.05) is 71.6 Å². The number of nitrogens with zero attached hydrogens (tertiary/aromatic N) is 1. The zero-order valence-electron chi connectivity index (χ0n) is 15.4. The Bertz CT molecular complexity index is 997. The van der Waals surface area contributed by atoms with Crippen LogP contribution in [0.5, 0.6) is 5.75 Å². The predicted molar refractivity (Wildman–Crippen MR) is 108 cm³/mol. The van der Waals surface area contributed by atoms with Gasteiger partial charge < -0.3 is 14.6 Å². The first-order valence-electron chi connectivity index (χ1n) is 8.85. The van der Waals surface area contributed by atoms with Gasteiger partial charge in [0.1, 0.15) is 12.4 Å². The zero-order valence-corrected chi connectivity index (χ0v) is 15.4. The summed E-state index contributed by atoms with van der Waals surface area (Å²) in [4.78, 5) is 12.1. The Balaban J connectivity index is 1.47. The Hall–Kier alpha value is -3.78. The van der Waals surface area contributed by atoms with Gasteiger partial charge >= 0.3 is 0 Å². The van der Waals surface area contributed by atoms with Crippen molar-refractivity contribution in [3.8, 4) is 28.9 Å². The second kappa shape index (κ2) is 9.79. The number of ether oxygens (including phenoxy) is 1. The molecule has 0 unspecified atom stereocenters. The molecule has 0 aliphatic carbocycles. The number of carbonyl (C=O) groups excluding carboxylic acids is 1. The second-order valence-electron chi connectivity index (χ2n) is 5.87. The van der Waals surface area contributed by atoms with Gasteiger partial charge in [0.25, 0.3) is 5.91 Å². The van der Waals surface area contributed by atoms with Crippen LogP contribution in [0.2, 0.25) is 0 Å². The summed E-state index contributed by atoms with van der Waals surface area (Å²) in [6.07, 6.45) is 2.57. The topological polar surface area (TPSA) is 64.4 Å². The highest BCUT2D eigenvalue weighted by Gasteiger charge is 2.12. The average Bonchev–Trinajstić information content (AvgIpc) is 3.23. The van der Waals surface area contributed by atoms with Gasteiger partial charge in [-0.2, -0.15) is 0 Å². The number of nitrogens with one attached hydrogen (secondary N) is 1. The molecule has 0 fully saturated rings. The lowest BCUT2D eigenvalue weighted by atomic mass is 10.1. The van der Waals surface area contributed by atoms with E-state index in [1.165, 1.54) is 0 Å². The smallest absolute Gasteiger partial charge is 0.274 e. The molecule has 0 atom stereocenters. The molecule has 2 aromatic carbocycles. The van der Waals surface area contributed by atoms with E-state index >= 15 is 0 Å². The van der Waals surface area contributed by atoms with Crippen LogP contribution in [0.25, 0.3) is 11.3 Å². The van der Waals surface area contributed by atoms with E-state index in [2.05, 4.69) is 28.9 Å². The van der Waals surface area contributed by atoms with E-state index < -0.39 is 0 Å². The molecule has 1 amide bonds. The van der Waals surface area contributed by atoms with Gasteiger partial charge in [0.05, 0.1) is 6.54 Å². The van der Waals surface area contributed by atoms with Crippen molar-refractivity contribution >= 4 is 5.91 Å². The number of aromatic nitrogens is 1. The predicted octanol–water partition coefficient (Wildman–Crippen LogP) is 3.88. The van der Waals surface area contributed by atoms with Crippen LogP contribution in [0.4, 0.5) is 0 Å². The van der Waals surface area contributed by atoms with Gasteiger partial charge in [0.2, 0.25) is 0 Å². The Kier molecular flexibility index (Phi) is 6.64. The van der Waals surface area contributed by atoms with E-state index in [0.717, 1.165) is 23.3 Å². The number of para-hydroxylation sites is 1. The molecule has 1 N–H and O–H groups in total. The number of hydrogen-bond acceptors (Lipinski definition) is 4. The standard InChI is InChI=1S/C23H20N2O3/c1-2-10-18-13-6-7-14-21(18)27-16-9-8-15-24-23(26)20-17-22(28-25-20)19-11-4-3-5-12-19/h2-7,11-14,17H,1,10,15-16H2,(H,24,26). The minimum absolute atomic E-state index is 0.198. The van der Waals surface area contributed by atoms with Crippen LogP contribution in [-0.4, -0.2) is 24.2 Å². The number of hydrogen-bond donors (Lipinski definition) is 1. The first kappa shape index (κ1) is 19.0. The van der Waals surface area contributed by atoms with Crippen LogP contribution in [-0.2, 0) is 6.42 Å². The summed E-state index contributed by atoms with van der Waals surface area (Å²) in [5.41, 5.74) is 2.14. The average molecular weight is 372 g/mol. The van der Waals surface area contributed by atoms with E-state index in [4.69, 9.17) is 9.26 Å². The van der Waals surface area contributed by atoms with Crippen LogP contribution in [0.15, 0.2) is 77.8 Å². The van der Waals surface area contributed by atoms with Crippen LogP contribution in [0.1, 0.15) is 16.1 Å². The maximum absolute atomic E-state index is 12.1. The molecule has 1 heterocycles. The van der Waals surface area contributed by atoms with Crippen molar-refractivity contribution in [2.24, 2.45) is 0 Å². The molecule has 3 aromatic rings. The Morgan fingerprint density at radius 3 is 2.75 bits per heavy atom. The van der Waals surface area contributed by atoms with Gasteiger partial charge in [-0.05, 0) is 18.1 Å². The monoisotopic (exact) mass is 372 g/mol. The highest BCUT2D eigenvalue weighted by atomic mass is 16.5. The molecule has 140 valence electrons. The fourth-order valence-electron chi connectivity index (χ4n) is 2.53. The molecule has 0 aliphatic heterocycles. The normalized spacial score (nSPS) is 9.86. The maximum Gasteiger partial charge on any atom is 0.274 e. The number of rotatable bonds is 7. The van der Waals surface area contributed by atoms with E-state index in [-0.39, 0.29) is 24.8 Å². The molecular formula is C23H20N2O3. The molecule has 3 rings (SSSR count). The number of carbonyl (C=O) groups is 1. The van der Waals surface area contributed by atoms with Crippen LogP contribution >= 0.6 is 0 Å². The first-order chi connectivity index (χ1) is 13.8. The highest BCUT2D eigenvalue weighted by Crippen LogP contribution is 2.20. The van der Waals surface area contributed by atoms with Gasteiger partial charge in [0, 0.05) is 11.6 Å². The zero-order chi connectivity index (χ0) is 19.6. The fourth-order valence-corrected chi connectivity index (χ4v) is 2.53. The molecule has 5 nitrogen and oxygen atoms in total. The molecular weight excluding hydrogens is 352 g/mol. The van der Waals surface area contributed by atoms with E-state index in [1.54, 1.807) is 6.07 Å². The molecule has 0 aliphatic rings. The minimum Gasteiger partial charge on any atom is -0.481 e. The van der Waals surface area contributed by atoms with Crippen molar-refractivity contribution in [2.75, 3.05) is 13.2 Å². The van der Waals surface area contributed by atoms with Crippen molar-refractivity contribution in [3.63, 3.8) is 0 Å². The Morgan fingerprint density at radius 2 is 1.93 bits per heavy atom. The van der Waals surface area contributed by atoms with E-state index in [9.17, 15) is 4.79 Å². The molecule has 0 saturated heterocycles. The van der Waals surface area contributed by atoms with Gasteiger partial charge in [-0.3, -0.25) is 4.79 Å². The largest absolute Gasteiger partial charge is 0.481 e. The number of benzene rings is 2. The van der Waals surface area contributed by atoms with E-state index in [1.807, 2.05) is 60.7 Å². The lowest BCUT2D eigenvalue weighted by Crippen LogP contribution is -2.23. The van der Waals surface area contributed by atoms with Crippen LogP contribution < -0.4 is 10.1 Å². The summed E-state index contributed by atoms with van der Waals surface area (Å²) in [6.45, 7) is 4.18. The minimum atomic E-state index is -0.336. The summed E-state index contributed by atoms with van der Waals surface area (Å²) in [6, 6.07) is 18.9. The van der Waals surface area contributed by atoms with Crippen LogP contribution in [0, 0.1) is 11.8 Å². The summed E-state index contributed by atoms with van der Waals surface area (Å²) in [5.74, 6) is 6.74. The lowest BCUT2D eigenvalue weighted by molar-refractivity contribution is 0.0949. The summed E-state index contributed by atoms with van der Waals surface area (Å²) in [5, 5.41) is 6.50. The van der Waals surface area contributed by atoms with Crippen LogP contribution in [0.3, 0.4) is 0 Å². The van der Waals surface area contributed by atoms with Crippen molar-refractivity contribution in [1.82, 2.24) is 10.5 Å². The third kappa shape index (κ3) is 5.12. The molecule has 0 spiro atoms. The SMILES string of the molecule is C=CCc1ccccc1OCC#CCNC(=O)c1cc(-c2ccccc2)on1. The quantitative estimate of drug-likeness (QED) is 0.505. The lowest BCUT2D eigenvalue weighted by Gasteiger charge is -2.07. The Labute approximate surface area is 164 Å². The van der Waals surface area contributed by atoms with Gasteiger partial charge in [-0.25, -0.2) is 0 Å². The maximum atomic E-state index is 12.1. The van der Waals surface area contributed by atoms with Gasteiger partial charge in [0.15, 0.2) is 11.5 Å². The molecule has 0 radical (unpaired) electrons.